The smallest absolute Gasteiger partial charge is 0.0468 e. The maximum Gasteiger partial charge on any atom is 0.0468 e. The predicted octanol–water partition coefficient (Wildman–Crippen LogP) is 1.29. The second-order valence-corrected chi connectivity index (χ2v) is 5.14. The van der Waals surface area contributed by atoms with Gasteiger partial charge in [-0.15, -0.1) is 0 Å². The zero-order valence-corrected chi connectivity index (χ0v) is 7.51. The number of hydrogen-bond donors (Lipinski definition) is 1. The van der Waals surface area contributed by atoms with Crippen LogP contribution in [0.3, 0.4) is 0 Å². The molecule has 0 aromatic heterocycles. The van der Waals surface area contributed by atoms with Gasteiger partial charge in [-0.3, -0.25) is 0 Å². The molecule has 0 atom stereocenters. The Morgan fingerprint density at radius 1 is 1.08 bits per heavy atom. The van der Waals surface area contributed by atoms with E-state index in [9.17, 15) is 0 Å². The number of rotatable bonds is 1. The van der Waals surface area contributed by atoms with Gasteiger partial charge in [0.2, 0.25) is 0 Å². The van der Waals surface area contributed by atoms with Crippen LogP contribution in [0.25, 0.3) is 0 Å². The summed E-state index contributed by atoms with van der Waals surface area (Å²) in [6.45, 7) is 1.98. The summed E-state index contributed by atoms with van der Waals surface area (Å²) >= 11 is 0. The van der Waals surface area contributed by atoms with Crippen molar-refractivity contribution in [3.05, 3.63) is 0 Å². The molecule has 3 aliphatic carbocycles. The molecule has 0 spiro atoms. The third-order valence-electron chi connectivity index (χ3n) is 4.20. The highest BCUT2D eigenvalue weighted by molar-refractivity contribution is 5.23. The van der Waals surface area contributed by atoms with E-state index in [1.165, 1.54) is 32.1 Å². The minimum Gasteiger partial charge on any atom is -0.381 e. The average molecular weight is 167 g/mol. The van der Waals surface area contributed by atoms with Gasteiger partial charge in [-0.05, 0) is 43.4 Å². The van der Waals surface area contributed by atoms with Crippen LogP contribution in [-0.4, -0.2) is 18.8 Å². The summed E-state index contributed by atoms with van der Waals surface area (Å²) in [5.74, 6) is 0.941. The number of ether oxygens (including phenoxy) is 1. The Morgan fingerprint density at radius 3 is 2.17 bits per heavy atom. The molecule has 2 bridgehead atoms. The Labute approximate surface area is 73.5 Å². The summed E-state index contributed by atoms with van der Waals surface area (Å²) < 4.78 is 5.37. The highest BCUT2D eigenvalue weighted by atomic mass is 16.5. The van der Waals surface area contributed by atoms with Crippen LogP contribution in [0.15, 0.2) is 0 Å². The van der Waals surface area contributed by atoms with E-state index in [-0.39, 0.29) is 5.54 Å². The summed E-state index contributed by atoms with van der Waals surface area (Å²) in [5, 5.41) is 0. The van der Waals surface area contributed by atoms with E-state index in [0.717, 1.165) is 19.1 Å². The fourth-order valence-corrected chi connectivity index (χ4v) is 3.69. The molecule has 0 amide bonds. The molecule has 68 valence electrons. The molecule has 1 heterocycles. The Bertz CT molecular complexity index is 188. The van der Waals surface area contributed by atoms with Crippen LogP contribution in [0.2, 0.25) is 0 Å². The fourth-order valence-electron chi connectivity index (χ4n) is 3.69. The van der Waals surface area contributed by atoms with Crippen LogP contribution in [-0.2, 0) is 4.74 Å². The molecular weight excluding hydrogens is 150 g/mol. The summed E-state index contributed by atoms with van der Waals surface area (Å²) in [4.78, 5) is 0. The number of hydrogen-bond acceptors (Lipinski definition) is 2. The lowest BCUT2D eigenvalue weighted by Gasteiger charge is -2.72. The molecule has 1 saturated heterocycles. The molecular formula is C10H17NO. The molecule has 0 radical (unpaired) electrons. The lowest BCUT2D eigenvalue weighted by atomic mass is 9.35. The van der Waals surface area contributed by atoms with Gasteiger partial charge in [0.05, 0.1) is 0 Å². The Hall–Kier alpha value is -0.0800. The molecule has 4 fully saturated rings. The largest absolute Gasteiger partial charge is 0.381 e. The zero-order valence-electron chi connectivity index (χ0n) is 7.51. The molecule has 2 N–H and O–H groups in total. The first kappa shape index (κ1) is 7.34. The topological polar surface area (TPSA) is 35.2 Å². The Kier molecular flexibility index (Phi) is 1.25. The maximum absolute atomic E-state index is 6.05. The predicted molar refractivity (Wildman–Crippen MR) is 46.7 cm³/mol. The average Bonchev–Trinajstić information content (AvgIpc) is 1.99. The van der Waals surface area contributed by atoms with Crippen molar-refractivity contribution in [2.45, 2.75) is 37.6 Å². The minimum atomic E-state index is 0.290. The highest BCUT2D eigenvalue weighted by Gasteiger charge is 2.68. The first-order valence-electron chi connectivity index (χ1n) is 5.09. The van der Waals surface area contributed by atoms with Gasteiger partial charge >= 0.3 is 0 Å². The first-order chi connectivity index (χ1) is 5.73. The molecule has 4 rings (SSSR count). The molecule has 4 aliphatic rings. The molecule has 12 heavy (non-hydrogen) atoms. The second kappa shape index (κ2) is 2.05. The normalized spacial score (nSPS) is 52.8. The summed E-state index contributed by atoms with van der Waals surface area (Å²) in [5.41, 5.74) is 7.03. The fraction of sp³-hybridized carbons (Fsp3) is 1.00. The molecule has 2 heteroatoms. The Morgan fingerprint density at radius 2 is 1.67 bits per heavy atom. The van der Waals surface area contributed by atoms with Crippen molar-refractivity contribution < 1.29 is 4.74 Å². The van der Waals surface area contributed by atoms with E-state index >= 15 is 0 Å². The van der Waals surface area contributed by atoms with Gasteiger partial charge in [0.1, 0.15) is 0 Å². The molecule has 0 aromatic rings. The Balaban J connectivity index is 1.67. The monoisotopic (exact) mass is 167 g/mol. The van der Waals surface area contributed by atoms with Gasteiger partial charge in [-0.2, -0.15) is 0 Å². The molecule has 0 aromatic carbocycles. The van der Waals surface area contributed by atoms with E-state index < -0.39 is 0 Å². The van der Waals surface area contributed by atoms with Crippen LogP contribution in [0, 0.1) is 11.3 Å². The van der Waals surface area contributed by atoms with Gasteiger partial charge < -0.3 is 10.5 Å². The summed E-state index contributed by atoms with van der Waals surface area (Å²) in [7, 11) is 0. The van der Waals surface area contributed by atoms with E-state index in [0.29, 0.717) is 5.41 Å². The van der Waals surface area contributed by atoms with Crippen molar-refractivity contribution in [3.63, 3.8) is 0 Å². The summed E-state index contributed by atoms with van der Waals surface area (Å²) in [6, 6.07) is 0. The minimum absolute atomic E-state index is 0.290. The van der Waals surface area contributed by atoms with Crippen molar-refractivity contribution >= 4 is 0 Å². The van der Waals surface area contributed by atoms with Crippen LogP contribution in [0.5, 0.6) is 0 Å². The first-order valence-corrected chi connectivity index (χ1v) is 5.09. The lowest BCUT2D eigenvalue weighted by molar-refractivity contribution is -0.188. The quantitative estimate of drug-likeness (QED) is 0.638. The third kappa shape index (κ3) is 0.775. The van der Waals surface area contributed by atoms with Crippen LogP contribution >= 0.6 is 0 Å². The van der Waals surface area contributed by atoms with Gasteiger partial charge in [0, 0.05) is 18.8 Å². The van der Waals surface area contributed by atoms with Crippen LogP contribution in [0.4, 0.5) is 0 Å². The standard InChI is InChI=1S/C10H17NO/c11-10-5-9(6-10,7-10)8-1-3-12-4-2-8/h8H,1-7,11H2. The van der Waals surface area contributed by atoms with Crippen molar-refractivity contribution in [1.29, 1.82) is 0 Å². The summed E-state index contributed by atoms with van der Waals surface area (Å²) in [6.07, 6.45) is 6.51. The zero-order chi connectivity index (χ0) is 8.23. The second-order valence-electron chi connectivity index (χ2n) is 5.14. The van der Waals surface area contributed by atoms with Gasteiger partial charge in [-0.25, -0.2) is 0 Å². The van der Waals surface area contributed by atoms with Gasteiger partial charge in [-0.1, -0.05) is 0 Å². The van der Waals surface area contributed by atoms with Crippen LogP contribution in [0.1, 0.15) is 32.1 Å². The van der Waals surface area contributed by atoms with Gasteiger partial charge in [0.25, 0.3) is 0 Å². The lowest BCUT2D eigenvalue weighted by Crippen LogP contribution is -2.74. The van der Waals surface area contributed by atoms with Crippen molar-refractivity contribution in [2.24, 2.45) is 17.1 Å². The van der Waals surface area contributed by atoms with E-state index in [4.69, 9.17) is 10.5 Å². The van der Waals surface area contributed by atoms with Crippen LogP contribution < -0.4 is 5.73 Å². The number of nitrogens with two attached hydrogens (primary N) is 1. The van der Waals surface area contributed by atoms with Crippen molar-refractivity contribution in [2.75, 3.05) is 13.2 Å². The van der Waals surface area contributed by atoms with E-state index in [1.54, 1.807) is 0 Å². The highest BCUT2D eigenvalue weighted by Crippen LogP contribution is 2.70. The van der Waals surface area contributed by atoms with Gasteiger partial charge in [0.15, 0.2) is 0 Å². The molecule has 1 aliphatic heterocycles. The van der Waals surface area contributed by atoms with E-state index in [2.05, 4.69) is 0 Å². The van der Waals surface area contributed by atoms with E-state index in [1.807, 2.05) is 0 Å². The SMILES string of the molecule is NC12CC(C3CCOCC3)(C1)C2. The molecule has 2 nitrogen and oxygen atoms in total. The maximum atomic E-state index is 6.05. The molecule has 3 saturated carbocycles. The van der Waals surface area contributed by atoms with Crippen molar-refractivity contribution in [3.8, 4) is 0 Å². The van der Waals surface area contributed by atoms with Crippen molar-refractivity contribution in [1.82, 2.24) is 0 Å². The third-order valence-corrected chi connectivity index (χ3v) is 4.20. The molecule has 0 unspecified atom stereocenters.